The van der Waals surface area contributed by atoms with Gasteiger partial charge in [0.05, 0.1) is 51.4 Å². The van der Waals surface area contributed by atoms with Gasteiger partial charge in [0.2, 0.25) is 0 Å². The third kappa shape index (κ3) is 9.14. The average molecular weight is 980 g/mol. The number of H-pyrrole nitrogens is 2. The molecule has 8 aromatic rings. The summed E-state index contributed by atoms with van der Waals surface area (Å²) in [5.74, 6) is 1.24. The standard InChI is InChI=1S/C26H25N3O3.C22H22BrN3O2.C4H5BO3/c1-26(2,3)24-21-22(27-28-24)25(30)29(23(21)19-7-5-6-8-20(19)31-4)18-11-9-16(10-12-18)17-13-14-32-15-17;1-22(2,3)20-17-18(24-25-20)21(27)26(14-11-9-13(23)10-12-14)19(17)15-7-5-6-8-16(15)28-4;6-5(7)4-1-2-8-3-4/h5-15,23H,1-4H3,(H,27,28);5-12,19H,1-4H3,(H,24,25);1-3,6-7H. The van der Waals surface area contributed by atoms with Crippen LogP contribution in [0.1, 0.15) is 108 Å². The SMILES string of the molecule is COc1ccccc1C1c2c(n[nH]c2C(C)(C)C)C(=O)N1c1ccc(-c2ccoc2)cc1.COc1ccccc1C1c2c(n[nH]c2C(C)(C)C)C(=O)N1c1ccc(Br)cc1.OB(O)c1ccoc1. The van der Waals surface area contributed by atoms with Crippen molar-refractivity contribution in [1.29, 1.82) is 0 Å². The van der Waals surface area contributed by atoms with Gasteiger partial charge in [-0.15, -0.1) is 0 Å². The normalized spacial score (nSPS) is 15.3. The van der Waals surface area contributed by atoms with Gasteiger partial charge in [-0.05, 0) is 66.2 Å². The predicted octanol–water partition coefficient (Wildman–Crippen LogP) is 9.91. The number of ether oxygens (including phenoxy) is 2. The lowest BCUT2D eigenvalue weighted by atomic mass is 9.83. The Balaban J connectivity index is 0.000000159. The molecule has 0 aliphatic carbocycles. The maximum Gasteiger partial charge on any atom is 0.491 e. The Hall–Kier alpha value is -7.14. The second-order valence-electron chi connectivity index (χ2n) is 18.3. The van der Waals surface area contributed by atoms with Crippen molar-refractivity contribution in [2.24, 2.45) is 0 Å². The number of amides is 2. The zero-order valence-electron chi connectivity index (χ0n) is 38.9. The van der Waals surface area contributed by atoms with Crippen molar-refractivity contribution in [1.82, 2.24) is 20.4 Å². The van der Waals surface area contributed by atoms with Crippen LogP contribution in [0.3, 0.4) is 0 Å². The molecule has 2 unspecified atom stereocenters. The minimum absolute atomic E-state index is 0.111. The van der Waals surface area contributed by atoms with E-state index in [9.17, 15) is 9.59 Å². The topological polar surface area (TPSA) is 183 Å². The van der Waals surface area contributed by atoms with Crippen LogP contribution in [0.15, 0.2) is 148 Å². The van der Waals surface area contributed by atoms with Crippen LogP contribution in [0.25, 0.3) is 11.1 Å². The van der Waals surface area contributed by atoms with Crippen LogP contribution in [0.5, 0.6) is 11.5 Å². The molecule has 2 aliphatic heterocycles. The summed E-state index contributed by atoms with van der Waals surface area (Å²) in [6, 6.07) is 34.1. The molecule has 4 aromatic carbocycles. The maximum atomic E-state index is 13.6. The second-order valence-corrected chi connectivity index (χ2v) is 19.2. The zero-order chi connectivity index (χ0) is 48.5. The van der Waals surface area contributed by atoms with Gasteiger partial charge in [-0.25, -0.2) is 0 Å². The lowest BCUT2D eigenvalue weighted by Gasteiger charge is -2.29. The number of halogens is 1. The van der Waals surface area contributed by atoms with Crippen LogP contribution >= 0.6 is 15.9 Å². The monoisotopic (exact) mass is 978 g/mol. The molecule has 0 radical (unpaired) electrons. The van der Waals surface area contributed by atoms with Crippen molar-refractivity contribution in [3.05, 3.63) is 184 Å². The summed E-state index contributed by atoms with van der Waals surface area (Å²) in [6.45, 7) is 12.7. The number of methoxy groups -OCH3 is 2. The third-order valence-corrected chi connectivity index (χ3v) is 12.4. The molecule has 2 atom stereocenters. The van der Waals surface area contributed by atoms with Gasteiger partial charge in [-0.1, -0.05) is 106 Å². The van der Waals surface area contributed by atoms with E-state index in [1.165, 1.54) is 18.6 Å². The van der Waals surface area contributed by atoms with E-state index in [1.807, 2.05) is 113 Å². The van der Waals surface area contributed by atoms with Gasteiger partial charge in [0.25, 0.3) is 11.8 Å². The number of aromatic amines is 2. The Morgan fingerprint density at radius 2 is 1.04 bits per heavy atom. The zero-order valence-corrected chi connectivity index (χ0v) is 40.5. The van der Waals surface area contributed by atoms with Crippen molar-refractivity contribution in [2.45, 2.75) is 64.5 Å². The molecule has 0 saturated carbocycles. The molecule has 14 nitrogen and oxygen atoms in total. The summed E-state index contributed by atoms with van der Waals surface area (Å²) in [6.07, 6.45) is 6.02. The number of carbonyl (C=O) groups excluding carboxylic acids is 2. The number of fused-ring (bicyclic) bond motifs is 2. The highest BCUT2D eigenvalue weighted by molar-refractivity contribution is 9.10. The fourth-order valence-electron chi connectivity index (χ4n) is 8.60. The minimum atomic E-state index is -1.41. The van der Waals surface area contributed by atoms with E-state index in [1.54, 1.807) is 26.7 Å². The van der Waals surface area contributed by atoms with Gasteiger partial charge < -0.3 is 28.4 Å². The number of anilines is 2. The molecule has 68 heavy (non-hydrogen) atoms. The van der Waals surface area contributed by atoms with Gasteiger partial charge in [-0.2, -0.15) is 10.2 Å². The number of nitrogens with one attached hydrogen (secondary N) is 2. The molecule has 0 saturated heterocycles. The van der Waals surface area contributed by atoms with Crippen molar-refractivity contribution in [2.75, 3.05) is 24.0 Å². The van der Waals surface area contributed by atoms with Gasteiger partial charge in [0.15, 0.2) is 11.4 Å². The lowest BCUT2D eigenvalue weighted by Crippen LogP contribution is -2.30. The Morgan fingerprint density at radius 3 is 1.43 bits per heavy atom. The van der Waals surface area contributed by atoms with Crippen LogP contribution in [-0.4, -0.2) is 63.6 Å². The quantitative estimate of drug-likeness (QED) is 0.107. The van der Waals surface area contributed by atoms with Gasteiger partial charge in [0.1, 0.15) is 11.5 Å². The first-order valence-corrected chi connectivity index (χ1v) is 22.7. The van der Waals surface area contributed by atoms with E-state index in [-0.39, 0.29) is 34.7 Å². The van der Waals surface area contributed by atoms with E-state index < -0.39 is 7.12 Å². The van der Waals surface area contributed by atoms with Crippen molar-refractivity contribution >= 4 is 51.7 Å². The minimum Gasteiger partial charge on any atom is -0.496 e. The largest absolute Gasteiger partial charge is 0.496 e. The Kier molecular flexibility index (Phi) is 13.4. The fourth-order valence-corrected chi connectivity index (χ4v) is 8.86. The smallest absolute Gasteiger partial charge is 0.491 e. The van der Waals surface area contributed by atoms with Gasteiger partial charge in [-0.3, -0.25) is 29.6 Å². The van der Waals surface area contributed by atoms with E-state index in [0.717, 1.165) is 72.1 Å². The number of rotatable bonds is 8. The Labute approximate surface area is 403 Å². The highest BCUT2D eigenvalue weighted by Crippen LogP contribution is 2.49. The van der Waals surface area contributed by atoms with Crippen LogP contribution in [-0.2, 0) is 10.8 Å². The summed E-state index contributed by atoms with van der Waals surface area (Å²) in [4.78, 5) is 30.6. The molecular formula is C52H52BBrN6O8. The first-order valence-electron chi connectivity index (χ1n) is 21.9. The summed E-state index contributed by atoms with van der Waals surface area (Å²) in [7, 11) is 1.90. The van der Waals surface area contributed by atoms with Crippen LogP contribution < -0.4 is 24.7 Å². The number of aromatic nitrogens is 4. The molecule has 10 rings (SSSR count). The van der Waals surface area contributed by atoms with Crippen molar-refractivity contribution in [3.63, 3.8) is 0 Å². The number of nitrogens with zero attached hydrogens (tertiary/aromatic N) is 4. The maximum absolute atomic E-state index is 13.6. The molecule has 2 amide bonds. The van der Waals surface area contributed by atoms with E-state index >= 15 is 0 Å². The molecule has 0 fully saturated rings. The Bertz CT molecular complexity index is 3010. The summed E-state index contributed by atoms with van der Waals surface area (Å²) >= 11 is 3.47. The van der Waals surface area contributed by atoms with Gasteiger partial charge in [0, 0.05) is 71.3 Å². The summed E-state index contributed by atoms with van der Waals surface area (Å²) < 4.78 is 22.0. The average Bonchev–Trinajstić information content (AvgIpc) is 4.19. The molecule has 4 N–H and O–H groups in total. The highest BCUT2D eigenvalue weighted by Gasteiger charge is 2.47. The van der Waals surface area contributed by atoms with E-state index in [0.29, 0.717) is 16.9 Å². The molecule has 2 aliphatic rings. The Morgan fingerprint density at radius 1 is 0.603 bits per heavy atom. The third-order valence-electron chi connectivity index (χ3n) is 11.8. The molecular weight excluding hydrogens is 927 g/mol. The van der Waals surface area contributed by atoms with Crippen molar-refractivity contribution in [3.8, 4) is 22.6 Å². The number of hydrogen-bond donors (Lipinski definition) is 4. The number of benzene rings is 4. The molecule has 6 heterocycles. The van der Waals surface area contributed by atoms with Crippen LogP contribution in [0.2, 0.25) is 0 Å². The summed E-state index contributed by atoms with van der Waals surface area (Å²) in [5, 5.41) is 31.9. The van der Waals surface area contributed by atoms with Crippen LogP contribution in [0, 0.1) is 0 Å². The van der Waals surface area contributed by atoms with Crippen molar-refractivity contribution < 1.29 is 37.9 Å². The van der Waals surface area contributed by atoms with Crippen LogP contribution in [0.4, 0.5) is 11.4 Å². The second kappa shape index (κ2) is 19.2. The lowest BCUT2D eigenvalue weighted by molar-refractivity contribution is 0.0980. The molecule has 4 aromatic heterocycles. The molecule has 16 heteroatoms. The number of para-hydroxylation sites is 2. The number of furan rings is 2. The fraction of sp³-hybridized carbons (Fsp3) is 0.231. The van der Waals surface area contributed by atoms with E-state index in [4.69, 9.17) is 23.9 Å². The number of carbonyl (C=O) groups is 2. The first kappa shape index (κ1) is 47.4. The first-order chi connectivity index (χ1) is 32.5. The number of hydrogen-bond acceptors (Lipinski definition) is 10. The summed E-state index contributed by atoms with van der Waals surface area (Å²) in [5.41, 5.74) is 10.2. The van der Waals surface area contributed by atoms with E-state index in [2.05, 4.69) is 82.3 Å². The van der Waals surface area contributed by atoms with Gasteiger partial charge >= 0.3 is 7.12 Å². The highest BCUT2D eigenvalue weighted by atomic mass is 79.9. The molecule has 348 valence electrons. The molecule has 0 bridgehead atoms. The molecule has 0 spiro atoms. The predicted molar refractivity (Wildman–Crippen MR) is 265 cm³/mol.